The van der Waals surface area contributed by atoms with E-state index >= 15 is 0 Å². The Labute approximate surface area is 112 Å². The van der Waals surface area contributed by atoms with E-state index < -0.39 is 0 Å². The number of hydrogen-bond acceptors (Lipinski definition) is 3. The second-order valence-electron chi connectivity index (χ2n) is 4.43. The molecule has 0 bridgehead atoms. The maximum atomic E-state index is 13.7. The SMILES string of the molecule is CCCNC(Cc1ccccc1F)c1cnccn1. The van der Waals surface area contributed by atoms with Crippen molar-refractivity contribution in [3.63, 3.8) is 0 Å². The first-order valence-corrected chi connectivity index (χ1v) is 6.54. The summed E-state index contributed by atoms with van der Waals surface area (Å²) in [5.41, 5.74) is 1.54. The molecule has 1 atom stereocenters. The molecule has 0 spiro atoms. The molecular weight excluding hydrogens is 241 g/mol. The van der Waals surface area contributed by atoms with Crippen molar-refractivity contribution in [2.45, 2.75) is 25.8 Å². The molecule has 0 saturated carbocycles. The van der Waals surface area contributed by atoms with Crippen molar-refractivity contribution < 1.29 is 4.39 Å². The van der Waals surface area contributed by atoms with Gasteiger partial charge in [0.1, 0.15) is 5.82 Å². The van der Waals surface area contributed by atoms with Crippen molar-refractivity contribution in [2.75, 3.05) is 6.54 Å². The van der Waals surface area contributed by atoms with Crippen LogP contribution in [0.4, 0.5) is 4.39 Å². The minimum atomic E-state index is -0.172. The van der Waals surface area contributed by atoms with Gasteiger partial charge in [0.25, 0.3) is 0 Å². The van der Waals surface area contributed by atoms with Crippen molar-refractivity contribution in [2.24, 2.45) is 0 Å². The zero-order chi connectivity index (χ0) is 13.5. The number of hydrogen-bond donors (Lipinski definition) is 1. The van der Waals surface area contributed by atoms with Gasteiger partial charge in [-0.2, -0.15) is 0 Å². The summed E-state index contributed by atoms with van der Waals surface area (Å²) in [4.78, 5) is 8.39. The van der Waals surface area contributed by atoms with Crippen molar-refractivity contribution in [1.82, 2.24) is 15.3 Å². The molecule has 0 aliphatic carbocycles. The Morgan fingerprint density at radius 2 is 2.11 bits per heavy atom. The highest BCUT2D eigenvalue weighted by Crippen LogP contribution is 2.18. The van der Waals surface area contributed by atoms with Crippen LogP contribution in [-0.4, -0.2) is 16.5 Å². The van der Waals surface area contributed by atoms with Gasteiger partial charge in [0.15, 0.2) is 0 Å². The standard InChI is InChI=1S/C15H18FN3/c1-2-7-18-14(15-11-17-8-9-19-15)10-12-5-3-4-6-13(12)16/h3-6,8-9,11,14,18H,2,7,10H2,1H3. The van der Waals surface area contributed by atoms with E-state index in [1.807, 2.05) is 12.1 Å². The number of halogens is 1. The van der Waals surface area contributed by atoms with Gasteiger partial charge in [0.2, 0.25) is 0 Å². The van der Waals surface area contributed by atoms with Gasteiger partial charge in [0, 0.05) is 18.6 Å². The van der Waals surface area contributed by atoms with E-state index in [1.54, 1.807) is 24.7 Å². The van der Waals surface area contributed by atoms with Crippen LogP contribution in [0.15, 0.2) is 42.9 Å². The molecule has 2 rings (SSSR count). The second kappa shape index (κ2) is 6.95. The zero-order valence-electron chi connectivity index (χ0n) is 11.0. The molecule has 0 saturated heterocycles. The average molecular weight is 259 g/mol. The first-order chi connectivity index (χ1) is 9.31. The van der Waals surface area contributed by atoms with Crippen LogP contribution in [0.3, 0.4) is 0 Å². The average Bonchev–Trinajstić information content (AvgIpc) is 2.46. The van der Waals surface area contributed by atoms with E-state index in [0.29, 0.717) is 12.0 Å². The van der Waals surface area contributed by atoms with E-state index in [2.05, 4.69) is 22.2 Å². The fourth-order valence-corrected chi connectivity index (χ4v) is 1.97. The van der Waals surface area contributed by atoms with Gasteiger partial charge in [-0.3, -0.25) is 9.97 Å². The van der Waals surface area contributed by atoms with Crippen LogP contribution in [-0.2, 0) is 6.42 Å². The first-order valence-electron chi connectivity index (χ1n) is 6.54. The molecule has 0 fully saturated rings. The fraction of sp³-hybridized carbons (Fsp3) is 0.333. The van der Waals surface area contributed by atoms with Crippen molar-refractivity contribution in [3.8, 4) is 0 Å². The van der Waals surface area contributed by atoms with Gasteiger partial charge in [-0.05, 0) is 31.0 Å². The van der Waals surface area contributed by atoms with Gasteiger partial charge in [0.05, 0.1) is 11.7 Å². The van der Waals surface area contributed by atoms with Gasteiger partial charge >= 0.3 is 0 Å². The predicted octanol–water partition coefficient (Wildman–Crippen LogP) is 2.90. The molecule has 100 valence electrons. The Hall–Kier alpha value is -1.81. The Morgan fingerprint density at radius 3 is 2.79 bits per heavy atom. The third kappa shape index (κ3) is 3.83. The highest BCUT2D eigenvalue weighted by molar-refractivity contribution is 5.20. The summed E-state index contributed by atoms with van der Waals surface area (Å²) < 4.78 is 13.7. The quantitative estimate of drug-likeness (QED) is 0.866. The highest BCUT2D eigenvalue weighted by Gasteiger charge is 2.14. The molecule has 1 aromatic carbocycles. The van der Waals surface area contributed by atoms with Gasteiger partial charge in [-0.25, -0.2) is 4.39 Å². The molecule has 1 heterocycles. The van der Waals surface area contributed by atoms with Crippen LogP contribution >= 0.6 is 0 Å². The lowest BCUT2D eigenvalue weighted by Gasteiger charge is -2.18. The molecule has 2 aromatic rings. The molecule has 1 unspecified atom stereocenters. The maximum absolute atomic E-state index is 13.7. The van der Waals surface area contributed by atoms with Crippen LogP contribution in [0.25, 0.3) is 0 Å². The molecule has 4 heteroatoms. The first kappa shape index (κ1) is 13.6. The molecular formula is C15H18FN3. The van der Waals surface area contributed by atoms with Gasteiger partial charge < -0.3 is 5.32 Å². The van der Waals surface area contributed by atoms with E-state index in [1.165, 1.54) is 6.07 Å². The van der Waals surface area contributed by atoms with Crippen LogP contribution < -0.4 is 5.32 Å². The number of nitrogens with zero attached hydrogens (tertiary/aromatic N) is 2. The zero-order valence-corrected chi connectivity index (χ0v) is 11.0. The normalized spacial score (nSPS) is 12.3. The van der Waals surface area contributed by atoms with Crippen molar-refractivity contribution in [1.29, 1.82) is 0 Å². The minimum Gasteiger partial charge on any atom is -0.308 e. The molecule has 0 aliphatic rings. The van der Waals surface area contributed by atoms with Crippen LogP contribution in [0.2, 0.25) is 0 Å². The van der Waals surface area contributed by atoms with E-state index in [9.17, 15) is 4.39 Å². The Balaban J connectivity index is 2.17. The van der Waals surface area contributed by atoms with Crippen LogP contribution in [0.5, 0.6) is 0 Å². The maximum Gasteiger partial charge on any atom is 0.126 e. The summed E-state index contributed by atoms with van der Waals surface area (Å²) in [6.45, 7) is 2.97. The monoisotopic (exact) mass is 259 g/mol. The molecule has 3 nitrogen and oxygen atoms in total. The summed E-state index contributed by atoms with van der Waals surface area (Å²) in [7, 11) is 0. The molecule has 0 amide bonds. The highest BCUT2D eigenvalue weighted by atomic mass is 19.1. The second-order valence-corrected chi connectivity index (χ2v) is 4.43. The molecule has 0 aliphatic heterocycles. The number of nitrogens with one attached hydrogen (secondary N) is 1. The summed E-state index contributed by atoms with van der Waals surface area (Å²) in [5.74, 6) is -0.172. The number of aromatic nitrogens is 2. The van der Waals surface area contributed by atoms with Crippen molar-refractivity contribution in [3.05, 3.63) is 59.9 Å². The lowest BCUT2D eigenvalue weighted by Crippen LogP contribution is -2.25. The topological polar surface area (TPSA) is 37.8 Å². The summed E-state index contributed by atoms with van der Waals surface area (Å²) in [6.07, 6.45) is 6.63. The summed E-state index contributed by atoms with van der Waals surface area (Å²) in [6, 6.07) is 6.85. The summed E-state index contributed by atoms with van der Waals surface area (Å²) in [5, 5.41) is 3.39. The van der Waals surface area contributed by atoms with Crippen molar-refractivity contribution >= 4 is 0 Å². The largest absolute Gasteiger partial charge is 0.308 e. The third-order valence-corrected chi connectivity index (χ3v) is 2.96. The summed E-state index contributed by atoms with van der Waals surface area (Å²) >= 11 is 0. The van der Waals surface area contributed by atoms with Gasteiger partial charge in [-0.15, -0.1) is 0 Å². The fourth-order valence-electron chi connectivity index (χ4n) is 1.97. The smallest absolute Gasteiger partial charge is 0.126 e. The van der Waals surface area contributed by atoms with Crippen LogP contribution in [0.1, 0.15) is 30.6 Å². The Bertz CT molecular complexity index is 502. The van der Waals surface area contributed by atoms with E-state index in [0.717, 1.165) is 18.7 Å². The Kier molecular flexibility index (Phi) is 4.98. The molecule has 1 aromatic heterocycles. The molecule has 1 N–H and O–H groups in total. The molecule has 19 heavy (non-hydrogen) atoms. The van der Waals surface area contributed by atoms with E-state index in [-0.39, 0.29) is 11.9 Å². The third-order valence-electron chi connectivity index (χ3n) is 2.96. The lowest BCUT2D eigenvalue weighted by atomic mass is 10.0. The number of rotatable bonds is 6. The van der Waals surface area contributed by atoms with Crippen LogP contribution in [0, 0.1) is 5.82 Å². The van der Waals surface area contributed by atoms with Gasteiger partial charge in [-0.1, -0.05) is 25.1 Å². The lowest BCUT2D eigenvalue weighted by molar-refractivity contribution is 0.502. The molecule has 0 radical (unpaired) electrons. The number of benzene rings is 1. The Morgan fingerprint density at radius 1 is 1.26 bits per heavy atom. The predicted molar refractivity (Wildman–Crippen MR) is 73.2 cm³/mol. The van der Waals surface area contributed by atoms with E-state index in [4.69, 9.17) is 0 Å². The minimum absolute atomic E-state index is 0.00875.